The number of benzene rings is 3. The molecule has 0 N–H and O–H groups in total. The molecule has 28 heavy (non-hydrogen) atoms. The van der Waals surface area contributed by atoms with E-state index in [1.54, 1.807) is 0 Å². The number of aryl methyl sites for hydroxylation is 2. The van der Waals surface area contributed by atoms with Gasteiger partial charge in [-0.3, -0.25) is 9.79 Å². The van der Waals surface area contributed by atoms with Crippen molar-refractivity contribution in [2.45, 2.75) is 37.0 Å². The maximum absolute atomic E-state index is 12.6. The highest BCUT2D eigenvalue weighted by Gasteiger charge is 2.16. The molecule has 3 heteroatoms. The monoisotopic (exact) mass is 385 g/mol. The molecule has 4 rings (SSSR count). The fourth-order valence-electron chi connectivity index (χ4n) is 3.61. The Morgan fingerprint density at radius 1 is 0.964 bits per heavy atom. The Hall–Kier alpha value is -2.65. The number of hydrogen-bond donors (Lipinski definition) is 0. The van der Waals surface area contributed by atoms with Gasteiger partial charge < -0.3 is 0 Å². The molecule has 0 aromatic heterocycles. The normalized spacial score (nSPS) is 13.0. The summed E-state index contributed by atoms with van der Waals surface area (Å²) >= 11 is 1.83. The number of nitrogens with zero attached hydrogens (tertiary/aromatic N) is 1. The van der Waals surface area contributed by atoms with Crippen LogP contribution in [0.25, 0.3) is 0 Å². The van der Waals surface area contributed by atoms with Gasteiger partial charge in [0.05, 0.1) is 0 Å². The Balaban J connectivity index is 1.52. The summed E-state index contributed by atoms with van der Waals surface area (Å²) < 4.78 is 0. The van der Waals surface area contributed by atoms with Gasteiger partial charge in [0.15, 0.2) is 5.78 Å². The zero-order valence-corrected chi connectivity index (χ0v) is 17.3. The van der Waals surface area contributed by atoms with E-state index in [0.29, 0.717) is 0 Å². The largest absolute Gasteiger partial charge is 0.292 e. The maximum atomic E-state index is 12.6. The first kappa shape index (κ1) is 18.7. The summed E-state index contributed by atoms with van der Waals surface area (Å²) in [7, 11) is 0. The average molecular weight is 386 g/mol. The number of carbonyl (C=O) groups is 1. The van der Waals surface area contributed by atoms with Crippen LogP contribution in [0, 0.1) is 13.8 Å². The number of hydrogen-bond acceptors (Lipinski definition) is 3. The third-order valence-corrected chi connectivity index (χ3v) is 6.43. The van der Waals surface area contributed by atoms with Crippen molar-refractivity contribution < 1.29 is 4.79 Å². The average Bonchev–Trinajstić information content (AvgIpc) is 2.69. The van der Waals surface area contributed by atoms with Crippen molar-refractivity contribution >= 4 is 23.3 Å². The molecule has 3 aromatic carbocycles. The van der Waals surface area contributed by atoms with E-state index < -0.39 is 0 Å². The first-order chi connectivity index (χ1) is 13.5. The van der Waals surface area contributed by atoms with E-state index in [4.69, 9.17) is 0 Å². The standard InChI is InChI=1S/C25H23NOS/c1-16-8-10-22(17(2)12-16)23(27)15-26-18(3)19-9-11-25-21(13-19)14-20-6-4-5-7-24(20)28-25/h4-13H,14-15H2,1-3H3. The van der Waals surface area contributed by atoms with E-state index in [1.165, 1.54) is 26.5 Å². The van der Waals surface area contributed by atoms with Gasteiger partial charge in [-0.2, -0.15) is 0 Å². The molecule has 1 heterocycles. The molecule has 0 atom stereocenters. The Bertz CT molecular complexity index is 1100. The summed E-state index contributed by atoms with van der Waals surface area (Å²) in [5, 5.41) is 0. The fourth-order valence-corrected chi connectivity index (χ4v) is 4.66. The van der Waals surface area contributed by atoms with E-state index in [1.807, 2.05) is 50.7 Å². The van der Waals surface area contributed by atoms with E-state index in [9.17, 15) is 4.79 Å². The van der Waals surface area contributed by atoms with Crippen LogP contribution < -0.4 is 0 Å². The Labute approximate surface area is 170 Å². The Morgan fingerprint density at radius 3 is 2.57 bits per heavy atom. The lowest BCUT2D eigenvalue weighted by Gasteiger charge is -2.19. The highest BCUT2D eigenvalue weighted by Crippen LogP contribution is 2.39. The fraction of sp³-hybridized carbons (Fsp3) is 0.200. The maximum Gasteiger partial charge on any atom is 0.184 e. The van der Waals surface area contributed by atoms with Crippen molar-refractivity contribution in [3.8, 4) is 0 Å². The predicted molar refractivity (Wildman–Crippen MR) is 117 cm³/mol. The van der Waals surface area contributed by atoms with E-state index >= 15 is 0 Å². The number of Topliss-reactive ketones (excluding diaryl/α,β-unsaturated/α-hetero) is 1. The molecule has 0 fully saturated rings. The van der Waals surface area contributed by atoms with Gasteiger partial charge in [-0.25, -0.2) is 0 Å². The molecule has 0 spiro atoms. The van der Waals surface area contributed by atoms with Crippen molar-refractivity contribution in [3.05, 3.63) is 94.0 Å². The van der Waals surface area contributed by atoms with Gasteiger partial charge in [-0.05, 0) is 67.6 Å². The number of aliphatic imine (C=N–C) groups is 1. The molecule has 140 valence electrons. The Kier molecular flexibility index (Phi) is 5.19. The topological polar surface area (TPSA) is 29.4 Å². The number of carbonyl (C=O) groups excluding carboxylic acids is 1. The highest BCUT2D eigenvalue weighted by atomic mass is 32.2. The van der Waals surface area contributed by atoms with Crippen LogP contribution in [-0.4, -0.2) is 18.0 Å². The molecule has 1 aliphatic rings. The minimum Gasteiger partial charge on any atom is -0.292 e. The van der Waals surface area contributed by atoms with Gasteiger partial charge in [0.2, 0.25) is 0 Å². The quantitative estimate of drug-likeness (QED) is 0.316. The molecule has 0 amide bonds. The molecular weight excluding hydrogens is 362 g/mol. The highest BCUT2D eigenvalue weighted by molar-refractivity contribution is 7.99. The van der Waals surface area contributed by atoms with Crippen LogP contribution in [0.15, 0.2) is 75.4 Å². The van der Waals surface area contributed by atoms with Crippen LogP contribution in [0.3, 0.4) is 0 Å². The number of fused-ring (bicyclic) bond motifs is 2. The molecule has 0 saturated heterocycles. The van der Waals surface area contributed by atoms with Gasteiger partial charge in [0.25, 0.3) is 0 Å². The van der Waals surface area contributed by atoms with Gasteiger partial charge >= 0.3 is 0 Å². The van der Waals surface area contributed by atoms with Crippen LogP contribution in [0.5, 0.6) is 0 Å². The minimum absolute atomic E-state index is 0.0688. The van der Waals surface area contributed by atoms with E-state index in [0.717, 1.165) is 28.8 Å². The SMILES string of the molecule is CC(=NCC(=O)c1ccc(C)cc1C)c1ccc2c(c1)Cc1ccccc1S2. The molecule has 0 aliphatic carbocycles. The lowest BCUT2D eigenvalue weighted by atomic mass is 10.00. The third kappa shape index (κ3) is 3.81. The predicted octanol–water partition coefficient (Wildman–Crippen LogP) is 6.05. The van der Waals surface area contributed by atoms with Crippen LogP contribution >= 0.6 is 11.8 Å². The van der Waals surface area contributed by atoms with Crippen molar-refractivity contribution in [2.24, 2.45) is 4.99 Å². The summed E-state index contributed by atoms with van der Waals surface area (Å²) in [4.78, 5) is 19.8. The van der Waals surface area contributed by atoms with Gasteiger partial charge in [-0.1, -0.05) is 59.8 Å². The summed E-state index contributed by atoms with van der Waals surface area (Å²) in [6, 6.07) is 21.0. The first-order valence-corrected chi connectivity index (χ1v) is 10.3. The van der Waals surface area contributed by atoms with Crippen molar-refractivity contribution in [2.75, 3.05) is 6.54 Å². The van der Waals surface area contributed by atoms with Gasteiger partial charge in [-0.15, -0.1) is 0 Å². The van der Waals surface area contributed by atoms with Gasteiger partial charge in [0.1, 0.15) is 6.54 Å². The van der Waals surface area contributed by atoms with Crippen molar-refractivity contribution in [1.29, 1.82) is 0 Å². The van der Waals surface area contributed by atoms with E-state index in [-0.39, 0.29) is 12.3 Å². The lowest BCUT2D eigenvalue weighted by molar-refractivity contribution is 0.100. The Morgan fingerprint density at radius 2 is 1.75 bits per heavy atom. The molecule has 3 aromatic rings. The molecule has 2 nitrogen and oxygen atoms in total. The van der Waals surface area contributed by atoms with Crippen LogP contribution in [0.1, 0.15) is 45.1 Å². The zero-order chi connectivity index (χ0) is 19.7. The third-order valence-electron chi connectivity index (χ3n) is 5.19. The summed E-state index contributed by atoms with van der Waals surface area (Å²) in [5.74, 6) is 0.0688. The van der Waals surface area contributed by atoms with Gasteiger partial charge in [0, 0.05) is 21.1 Å². The second kappa shape index (κ2) is 7.76. The van der Waals surface area contributed by atoms with Crippen molar-refractivity contribution in [1.82, 2.24) is 0 Å². The smallest absolute Gasteiger partial charge is 0.184 e. The number of rotatable bonds is 4. The minimum atomic E-state index is 0.0688. The molecule has 0 bridgehead atoms. The molecular formula is C25H23NOS. The second-order valence-electron chi connectivity index (χ2n) is 7.35. The lowest BCUT2D eigenvalue weighted by Crippen LogP contribution is -2.09. The summed E-state index contributed by atoms with van der Waals surface area (Å²) in [6.07, 6.45) is 0.946. The molecule has 0 radical (unpaired) electrons. The summed E-state index contributed by atoms with van der Waals surface area (Å²) in [5.41, 5.74) is 7.65. The molecule has 0 saturated carbocycles. The second-order valence-corrected chi connectivity index (χ2v) is 8.44. The summed E-state index contributed by atoms with van der Waals surface area (Å²) in [6.45, 7) is 6.19. The molecule has 1 aliphatic heterocycles. The zero-order valence-electron chi connectivity index (χ0n) is 16.5. The van der Waals surface area contributed by atoms with Crippen molar-refractivity contribution in [3.63, 3.8) is 0 Å². The number of ketones is 1. The van der Waals surface area contributed by atoms with Crippen LogP contribution in [-0.2, 0) is 6.42 Å². The van der Waals surface area contributed by atoms with E-state index in [2.05, 4.69) is 47.5 Å². The first-order valence-electron chi connectivity index (χ1n) is 9.52. The molecule has 0 unspecified atom stereocenters. The van der Waals surface area contributed by atoms with Crippen LogP contribution in [0.4, 0.5) is 0 Å². The van der Waals surface area contributed by atoms with Crippen LogP contribution in [0.2, 0.25) is 0 Å².